The van der Waals surface area contributed by atoms with E-state index in [1.54, 1.807) is 0 Å². The normalized spacial score (nSPS) is 13.4. The summed E-state index contributed by atoms with van der Waals surface area (Å²) in [6, 6.07) is -0.686. The van der Waals surface area contributed by atoms with Gasteiger partial charge in [-0.3, -0.25) is 4.79 Å². The van der Waals surface area contributed by atoms with Crippen LogP contribution in [-0.2, 0) is 12.4 Å². The first-order chi connectivity index (χ1) is 8.74. The summed E-state index contributed by atoms with van der Waals surface area (Å²) in [5.74, 6) is -2.86. The molecule has 1 aromatic carbocycles. The number of benzene rings is 1. The molecule has 0 fully saturated rings. The highest BCUT2D eigenvalue weighted by Crippen LogP contribution is 2.38. The minimum Gasteiger partial charge on any atom is -0.284 e. The zero-order valence-corrected chi connectivity index (χ0v) is 9.04. The molecule has 0 unspecified atom stereocenters. The van der Waals surface area contributed by atoms with E-state index in [2.05, 4.69) is 0 Å². The highest BCUT2D eigenvalue weighted by molar-refractivity contribution is 6.01. The van der Waals surface area contributed by atoms with Gasteiger partial charge in [0.05, 0.1) is 11.1 Å². The molecule has 0 aromatic heterocycles. The van der Waals surface area contributed by atoms with Gasteiger partial charge in [0.25, 0.3) is 5.78 Å². The number of hydrogen-bond donors (Lipinski definition) is 0. The second kappa shape index (κ2) is 4.67. The van der Waals surface area contributed by atoms with Gasteiger partial charge in [0, 0.05) is 5.56 Å². The zero-order valence-electron chi connectivity index (χ0n) is 9.04. The van der Waals surface area contributed by atoms with E-state index in [4.69, 9.17) is 0 Å². The number of ketones is 1. The summed E-state index contributed by atoms with van der Waals surface area (Å²) in [7, 11) is 0. The Morgan fingerprint density at radius 2 is 1.30 bits per heavy atom. The first-order valence-corrected chi connectivity index (χ1v) is 4.64. The summed E-state index contributed by atoms with van der Waals surface area (Å²) in [6.45, 7) is 0. The van der Waals surface area contributed by atoms with Crippen LogP contribution in [0, 0.1) is 0 Å². The SMILES string of the molecule is O=C(c1ccc(C(F)(F)F)cc1C(F)(F)F)C(F)(F)F. The fourth-order valence-corrected chi connectivity index (χ4v) is 1.31. The largest absolute Gasteiger partial charge is 0.454 e. The predicted molar refractivity (Wildman–Crippen MR) is 46.8 cm³/mol. The number of carbonyl (C=O) groups is 1. The average Bonchev–Trinajstić information content (AvgIpc) is 2.23. The number of halogens is 9. The van der Waals surface area contributed by atoms with Gasteiger partial charge in [0.1, 0.15) is 0 Å². The lowest BCUT2D eigenvalue weighted by Crippen LogP contribution is -2.26. The molecule has 0 radical (unpaired) electrons. The van der Waals surface area contributed by atoms with Crippen LogP contribution in [0.1, 0.15) is 21.5 Å². The van der Waals surface area contributed by atoms with Crippen molar-refractivity contribution in [3.05, 3.63) is 34.9 Å². The smallest absolute Gasteiger partial charge is 0.284 e. The number of Topliss-reactive ketones (excluding diaryl/α,β-unsaturated/α-hetero) is 1. The molecule has 0 saturated carbocycles. The van der Waals surface area contributed by atoms with Crippen molar-refractivity contribution in [2.75, 3.05) is 0 Å². The van der Waals surface area contributed by atoms with Crippen molar-refractivity contribution in [1.29, 1.82) is 0 Å². The summed E-state index contributed by atoms with van der Waals surface area (Å²) in [5, 5.41) is 0. The molecule has 20 heavy (non-hydrogen) atoms. The minimum absolute atomic E-state index is 0.0196. The second-order valence-corrected chi connectivity index (χ2v) is 3.58. The van der Waals surface area contributed by atoms with Crippen molar-refractivity contribution in [3.63, 3.8) is 0 Å². The van der Waals surface area contributed by atoms with Crippen LogP contribution >= 0.6 is 0 Å². The molecule has 0 spiro atoms. The topological polar surface area (TPSA) is 17.1 Å². The van der Waals surface area contributed by atoms with Crippen LogP contribution in [0.3, 0.4) is 0 Å². The summed E-state index contributed by atoms with van der Waals surface area (Å²) in [5.41, 5.74) is -5.96. The van der Waals surface area contributed by atoms with E-state index in [1.807, 2.05) is 0 Å². The van der Waals surface area contributed by atoms with Gasteiger partial charge in [0.2, 0.25) is 0 Å². The Labute approximate surface area is 105 Å². The number of rotatable bonds is 1. The third kappa shape index (κ3) is 3.42. The lowest BCUT2D eigenvalue weighted by molar-refractivity contribution is -0.143. The third-order valence-corrected chi connectivity index (χ3v) is 2.15. The second-order valence-electron chi connectivity index (χ2n) is 3.58. The molecule has 0 saturated heterocycles. The van der Waals surface area contributed by atoms with E-state index in [0.29, 0.717) is 0 Å². The molecule has 0 amide bonds. The molecule has 0 aliphatic rings. The van der Waals surface area contributed by atoms with E-state index in [0.717, 1.165) is 0 Å². The van der Waals surface area contributed by atoms with Gasteiger partial charge in [-0.2, -0.15) is 39.5 Å². The van der Waals surface area contributed by atoms with Gasteiger partial charge in [-0.15, -0.1) is 0 Å². The van der Waals surface area contributed by atoms with Crippen molar-refractivity contribution >= 4 is 5.78 Å². The van der Waals surface area contributed by atoms with E-state index in [-0.39, 0.29) is 12.1 Å². The fourth-order valence-electron chi connectivity index (χ4n) is 1.31. The molecule has 0 aliphatic carbocycles. The van der Waals surface area contributed by atoms with Gasteiger partial charge < -0.3 is 0 Å². The predicted octanol–water partition coefficient (Wildman–Crippen LogP) is 4.47. The standard InChI is InChI=1S/C10H3F9O/c11-8(12,13)4-1-2-5(7(20)10(17,18)19)6(3-4)9(14,15)16/h1-3H. The Balaban J connectivity index is 3.52. The Bertz CT molecular complexity index is 521. The first-order valence-electron chi connectivity index (χ1n) is 4.64. The van der Waals surface area contributed by atoms with Crippen molar-refractivity contribution in [2.24, 2.45) is 0 Å². The molecule has 0 aliphatic heterocycles. The molecular weight excluding hydrogens is 307 g/mol. The summed E-state index contributed by atoms with van der Waals surface area (Å²) < 4.78 is 110. The Kier molecular flexibility index (Phi) is 3.81. The highest BCUT2D eigenvalue weighted by Gasteiger charge is 2.46. The van der Waals surface area contributed by atoms with Crippen molar-refractivity contribution in [1.82, 2.24) is 0 Å². The lowest BCUT2D eigenvalue weighted by atomic mass is 9.99. The lowest BCUT2D eigenvalue weighted by Gasteiger charge is -2.16. The van der Waals surface area contributed by atoms with Crippen LogP contribution in [0.2, 0.25) is 0 Å². The molecular formula is C10H3F9O. The fraction of sp³-hybridized carbons (Fsp3) is 0.300. The third-order valence-electron chi connectivity index (χ3n) is 2.15. The molecule has 10 heteroatoms. The maximum Gasteiger partial charge on any atom is 0.454 e. The van der Waals surface area contributed by atoms with Gasteiger partial charge in [-0.05, 0) is 18.2 Å². The summed E-state index contributed by atoms with van der Waals surface area (Å²) >= 11 is 0. The van der Waals surface area contributed by atoms with Crippen LogP contribution in [0.4, 0.5) is 39.5 Å². The van der Waals surface area contributed by atoms with Crippen LogP contribution in [0.15, 0.2) is 18.2 Å². The molecule has 1 rings (SSSR count). The van der Waals surface area contributed by atoms with Crippen LogP contribution in [0.25, 0.3) is 0 Å². The van der Waals surface area contributed by atoms with Gasteiger partial charge in [-0.1, -0.05) is 0 Å². The van der Waals surface area contributed by atoms with Crippen molar-refractivity contribution in [3.8, 4) is 0 Å². The van der Waals surface area contributed by atoms with Gasteiger partial charge in [0.15, 0.2) is 0 Å². The number of carbonyl (C=O) groups excluding carboxylic acids is 1. The van der Waals surface area contributed by atoms with Gasteiger partial charge in [-0.25, -0.2) is 0 Å². The maximum atomic E-state index is 12.5. The van der Waals surface area contributed by atoms with E-state index in [1.165, 1.54) is 0 Å². The molecule has 0 bridgehead atoms. The first kappa shape index (κ1) is 16.3. The number of alkyl halides is 9. The number of hydrogen-bond acceptors (Lipinski definition) is 1. The van der Waals surface area contributed by atoms with Crippen LogP contribution in [0.5, 0.6) is 0 Å². The van der Waals surface area contributed by atoms with E-state index in [9.17, 15) is 44.3 Å². The Hall–Kier alpha value is -1.74. The van der Waals surface area contributed by atoms with Crippen molar-refractivity contribution in [2.45, 2.75) is 18.5 Å². The molecule has 0 N–H and O–H groups in total. The summed E-state index contributed by atoms with van der Waals surface area (Å²) in [4.78, 5) is 10.8. The Morgan fingerprint density at radius 3 is 1.65 bits per heavy atom. The Morgan fingerprint density at radius 1 is 0.800 bits per heavy atom. The molecule has 0 atom stereocenters. The maximum absolute atomic E-state index is 12.5. The quantitative estimate of drug-likeness (QED) is 0.552. The molecule has 0 heterocycles. The minimum atomic E-state index is -5.63. The van der Waals surface area contributed by atoms with E-state index < -0.39 is 47.1 Å². The highest BCUT2D eigenvalue weighted by atomic mass is 19.4. The van der Waals surface area contributed by atoms with Crippen LogP contribution in [-0.4, -0.2) is 12.0 Å². The van der Waals surface area contributed by atoms with E-state index >= 15 is 0 Å². The van der Waals surface area contributed by atoms with Crippen molar-refractivity contribution < 1.29 is 44.3 Å². The summed E-state index contributed by atoms with van der Waals surface area (Å²) in [6.07, 6.45) is -16.3. The van der Waals surface area contributed by atoms with Gasteiger partial charge >= 0.3 is 18.5 Å². The molecule has 1 nitrogen and oxygen atoms in total. The molecule has 112 valence electrons. The monoisotopic (exact) mass is 310 g/mol. The van der Waals surface area contributed by atoms with Crippen LogP contribution < -0.4 is 0 Å². The average molecular weight is 310 g/mol. The zero-order chi connectivity index (χ0) is 15.9. The molecule has 1 aromatic rings.